The fourth-order valence-electron chi connectivity index (χ4n) is 2.54. The van der Waals surface area contributed by atoms with Crippen molar-refractivity contribution < 1.29 is 4.79 Å². The summed E-state index contributed by atoms with van der Waals surface area (Å²) in [5, 5.41) is 6.38. The van der Waals surface area contributed by atoms with Crippen LogP contribution >= 0.6 is 15.9 Å². The molecule has 0 radical (unpaired) electrons. The molecular weight excluding hydrogens is 292 g/mol. The Morgan fingerprint density at radius 1 is 1.39 bits per heavy atom. The van der Waals surface area contributed by atoms with Crippen LogP contribution in [0.4, 0.5) is 5.69 Å². The smallest absolute Gasteiger partial charge is 0.229 e. The predicted octanol–water partition coefficient (Wildman–Crippen LogP) is 3.00. The SMILES string of the molecule is Cc1cc(Br)cc(C)c1NC(=O)C1CCNC1C. The molecule has 0 aromatic heterocycles. The number of hydrogen-bond donors (Lipinski definition) is 2. The molecule has 2 unspecified atom stereocenters. The van der Waals surface area contributed by atoms with E-state index in [1.165, 1.54) is 0 Å². The van der Waals surface area contributed by atoms with Gasteiger partial charge < -0.3 is 10.6 Å². The van der Waals surface area contributed by atoms with Crippen LogP contribution in [-0.2, 0) is 4.79 Å². The van der Waals surface area contributed by atoms with Crippen molar-refractivity contribution >= 4 is 27.5 Å². The third-order valence-corrected chi connectivity index (χ3v) is 4.07. The van der Waals surface area contributed by atoms with Gasteiger partial charge in [0.15, 0.2) is 0 Å². The fourth-order valence-corrected chi connectivity index (χ4v) is 3.23. The Balaban J connectivity index is 2.17. The Morgan fingerprint density at radius 3 is 2.50 bits per heavy atom. The molecule has 0 spiro atoms. The largest absolute Gasteiger partial charge is 0.325 e. The van der Waals surface area contributed by atoms with Crippen molar-refractivity contribution in [3.63, 3.8) is 0 Å². The van der Waals surface area contributed by atoms with Crippen LogP contribution in [0.3, 0.4) is 0 Å². The highest BCUT2D eigenvalue weighted by molar-refractivity contribution is 9.10. The van der Waals surface area contributed by atoms with E-state index in [2.05, 4.69) is 33.5 Å². The molecule has 0 bridgehead atoms. The van der Waals surface area contributed by atoms with Crippen LogP contribution < -0.4 is 10.6 Å². The number of carbonyl (C=O) groups excluding carboxylic acids is 1. The molecule has 3 nitrogen and oxygen atoms in total. The second-order valence-corrected chi connectivity index (χ2v) is 5.96. The van der Waals surface area contributed by atoms with Crippen molar-refractivity contribution in [2.75, 3.05) is 11.9 Å². The van der Waals surface area contributed by atoms with Gasteiger partial charge in [-0.05, 0) is 57.0 Å². The zero-order chi connectivity index (χ0) is 13.3. The number of nitrogens with one attached hydrogen (secondary N) is 2. The molecule has 1 aliphatic heterocycles. The van der Waals surface area contributed by atoms with E-state index in [9.17, 15) is 4.79 Å². The van der Waals surface area contributed by atoms with E-state index < -0.39 is 0 Å². The maximum Gasteiger partial charge on any atom is 0.229 e. The molecule has 2 N–H and O–H groups in total. The van der Waals surface area contributed by atoms with Crippen LogP contribution in [0.1, 0.15) is 24.5 Å². The molecule has 1 aromatic rings. The number of rotatable bonds is 2. The zero-order valence-electron chi connectivity index (χ0n) is 11.0. The topological polar surface area (TPSA) is 41.1 Å². The lowest BCUT2D eigenvalue weighted by molar-refractivity contribution is -0.120. The van der Waals surface area contributed by atoms with Crippen LogP contribution in [0, 0.1) is 19.8 Å². The van der Waals surface area contributed by atoms with Crippen LogP contribution in [0.15, 0.2) is 16.6 Å². The minimum absolute atomic E-state index is 0.0763. The van der Waals surface area contributed by atoms with Gasteiger partial charge in [0.05, 0.1) is 5.92 Å². The lowest BCUT2D eigenvalue weighted by Gasteiger charge is -2.18. The molecule has 0 saturated carbocycles. The highest BCUT2D eigenvalue weighted by Gasteiger charge is 2.29. The van der Waals surface area contributed by atoms with E-state index >= 15 is 0 Å². The first-order valence-corrected chi connectivity index (χ1v) is 7.09. The van der Waals surface area contributed by atoms with Gasteiger partial charge in [0.25, 0.3) is 0 Å². The van der Waals surface area contributed by atoms with E-state index in [4.69, 9.17) is 0 Å². The number of benzene rings is 1. The van der Waals surface area contributed by atoms with E-state index in [-0.39, 0.29) is 17.9 Å². The molecule has 1 amide bonds. The van der Waals surface area contributed by atoms with Crippen LogP contribution in [-0.4, -0.2) is 18.5 Å². The molecule has 2 rings (SSSR count). The molecule has 1 heterocycles. The summed E-state index contributed by atoms with van der Waals surface area (Å²) in [4.78, 5) is 12.3. The Labute approximate surface area is 116 Å². The van der Waals surface area contributed by atoms with Crippen molar-refractivity contribution in [3.8, 4) is 0 Å². The normalized spacial score (nSPS) is 23.1. The van der Waals surface area contributed by atoms with Crippen molar-refractivity contribution in [1.29, 1.82) is 0 Å². The van der Waals surface area contributed by atoms with Gasteiger partial charge in [-0.3, -0.25) is 4.79 Å². The number of amides is 1. The van der Waals surface area contributed by atoms with Crippen LogP contribution in [0.2, 0.25) is 0 Å². The number of carbonyl (C=O) groups is 1. The molecule has 1 aliphatic rings. The molecule has 18 heavy (non-hydrogen) atoms. The predicted molar refractivity (Wildman–Crippen MR) is 77.8 cm³/mol. The first-order valence-electron chi connectivity index (χ1n) is 6.30. The molecule has 1 saturated heterocycles. The Hall–Kier alpha value is -0.870. The summed E-state index contributed by atoms with van der Waals surface area (Å²) in [6, 6.07) is 4.32. The number of anilines is 1. The molecule has 0 aliphatic carbocycles. The molecule has 98 valence electrons. The van der Waals surface area contributed by atoms with Crippen LogP contribution in [0.25, 0.3) is 0 Å². The summed E-state index contributed by atoms with van der Waals surface area (Å²) in [5.41, 5.74) is 3.13. The van der Waals surface area contributed by atoms with E-state index in [0.29, 0.717) is 0 Å². The number of hydrogen-bond acceptors (Lipinski definition) is 2. The fraction of sp³-hybridized carbons (Fsp3) is 0.500. The van der Waals surface area contributed by atoms with Crippen LogP contribution in [0.5, 0.6) is 0 Å². The Bertz CT molecular complexity index is 450. The highest BCUT2D eigenvalue weighted by atomic mass is 79.9. The highest BCUT2D eigenvalue weighted by Crippen LogP contribution is 2.26. The van der Waals surface area contributed by atoms with E-state index in [1.807, 2.05) is 26.0 Å². The minimum Gasteiger partial charge on any atom is -0.325 e. The average Bonchev–Trinajstić information content (AvgIpc) is 2.69. The Kier molecular flexibility index (Phi) is 4.07. The van der Waals surface area contributed by atoms with Gasteiger partial charge in [-0.15, -0.1) is 0 Å². The lowest BCUT2D eigenvalue weighted by atomic mass is 10.0. The summed E-state index contributed by atoms with van der Waals surface area (Å²) in [5.74, 6) is 0.202. The molecule has 2 atom stereocenters. The summed E-state index contributed by atoms with van der Waals surface area (Å²) in [7, 11) is 0. The minimum atomic E-state index is 0.0763. The first kappa shape index (κ1) is 13.6. The summed E-state index contributed by atoms with van der Waals surface area (Å²) in [6.45, 7) is 7.03. The lowest BCUT2D eigenvalue weighted by Crippen LogP contribution is -2.32. The maximum atomic E-state index is 12.3. The van der Waals surface area contributed by atoms with Gasteiger partial charge in [0.1, 0.15) is 0 Å². The zero-order valence-corrected chi connectivity index (χ0v) is 12.6. The number of halogens is 1. The van der Waals surface area contributed by atoms with E-state index in [0.717, 1.165) is 34.3 Å². The second kappa shape index (κ2) is 5.41. The molecule has 4 heteroatoms. The quantitative estimate of drug-likeness (QED) is 0.881. The van der Waals surface area contributed by atoms with Gasteiger partial charge in [-0.2, -0.15) is 0 Å². The van der Waals surface area contributed by atoms with Crippen molar-refractivity contribution in [2.45, 2.75) is 33.2 Å². The van der Waals surface area contributed by atoms with Crippen molar-refractivity contribution in [1.82, 2.24) is 5.32 Å². The molecule has 1 fully saturated rings. The van der Waals surface area contributed by atoms with Gasteiger partial charge in [0.2, 0.25) is 5.91 Å². The summed E-state index contributed by atoms with van der Waals surface area (Å²) >= 11 is 3.47. The van der Waals surface area contributed by atoms with Gasteiger partial charge in [0, 0.05) is 16.2 Å². The third kappa shape index (κ3) is 2.75. The van der Waals surface area contributed by atoms with Gasteiger partial charge >= 0.3 is 0 Å². The van der Waals surface area contributed by atoms with Crippen molar-refractivity contribution in [3.05, 3.63) is 27.7 Å². The summed E-state index contributed by atoms with van der Waals surface area (Å²) < 4.78 is 1.05. The molecular formula is C14H19BrN2O. The maximum absolute atomic E-state index is 12.3. The molecule has 1 aromatic carbocycles. The van der Waals surface area contributed by atoms with Crippen molar-refractivity contribution in [2.24, 2.45) is 5.92 Å². The van der Waals surface area contributed by atoms with E-state index in [1.54, 1.807) is 0 Å². The average molecular weight is 311 g/mol. The monoisotopic (exact) mass is 310 g/mol. The first-order chi connectivity index (χ1) is 8.49. The second-order valence-electron chi connectivity index (χ2n) is 5.04. The summed E-state index contributed by atoms with van der Waals surface area (Å²) in [6.07, 6.45) is 0.918. The third-order valence-electron chi connectivity index (χ3n) is 3.61. The number of aryl methyl sites for hydroxylation is 2. The van der Waals surface area contributed by atoms with Gasteiger partial charge in [-0.25, -0.2) is 0 Å². The van der Waals surface area contributed by atoms with Gasteiger partial charge in [-0.1, -0.05) is 15.9 Å². The standard InChI is InChI=1S/C14H19BrN2O/c1-8-6-11(15)7-9(2)13(8)17-14(18)12-4-5-16-10(12)3/h6-7,10,12,16H,4-5H2,1-3H3,(H,17,18). The Morgan fingerprint density at radius 2 is 2.00 bits per heavy atom.